The molecule has 0 aliphatic rings. The summed E-state index contributed by atoms with van der Waals surface area (Å²) in [7, 11) is -2.50. The van der Waals surface area contributed by atoms with Gasteiger partial charge in [0.1, 0.15) is 0 Å². The van der Waals surface area contributed by atoms with Gasteiger partial charge in [0.05, 0.1) is 5.75 Å². The van der Waals surface area contributed by atoms with Crippen molar-refractivity contribution < 1.29 is 4.21 Å². The molecule has 2 rings (SSSR count). The monoisotopic (exact) mass is 273 g/mol. The van der Waals surface area contributed by atoms with E-state index < -0.39 is 9.73 Å². The first-order valence-electron chi connectivity index (χ1n) is 6.48. The Morgan fingerprint density at radius 2 is 1.37 bits per heavy atom. The van der Waals surface area contributed by atoms with Crippen LogP contribution in [0.1, 0.15) is 17.5 Å². The molecule has 0 aliphatic heterocycles. The van der Waals surface area contributed by atoms with Gasteiger partial charge in [-0.05, 0) is 24.0 Å². The zero-order valence-electron chi connectivity index (χ0n) is 10.9. The van der Waals surface area contributed by atoms with Crippen LogP contribution >= 0.6 is 0 Å². The van der Waals surface area contributed by atoms with Gasteiger partial charge >= 0.3 is 0 Å². The second-order valence-electron chi connectivity index (χ2n) is 4.74. The Morgan fingerprint density at radius 3 is 1.95 bits per heavy atom. The van der Waals surface area contributed by atoms with E-state index in [-0.39, 0.29) is 0 Å². The highest BCUT2D eigenvalue weighted by molar-refractivity contribution is 7.91. The lowest BCUT2D eigenvalue weighted by Crippen LogP contribution is -2.08. The van der Waals surface area contributed by atoms with E-state index in [0.29, 0.717) is 11.5 Å². The molecule has 0 aliphatic carbocycles. The SMILES string of the molecule is N=S(=O)(CCCc1ccccc1)Cc1ccccc1. The highest BCUT2D eigenvalue weighted by atomic mass is 32.2. The zero-order valence-corrected chi connectivity index (χ0v) is 11.7. The Hall–Kier alpha value is -1.61. The van der Waals surface area contributed by atoms with Gasteiger partial charge in [0.25, 0.3) is 0 Å². The van der Waals surface area contributed by atoms with E-state index in [1.54, 1.807) is 0 Å². The number of benzene rings is 2. The van der Waals surface area contributed by atoms with Crippen LogP contribution in [0, 0.1) is 4.78 Å². The van der Waals surface area contributed by atoms with Crippen molar-refractivity contribution in [1.82, 2.24) is 0 Å². The van der Waals surface area contributed by atoms with Gasteiger partial charge in [-0.2, -0.15) is 0 Å². The average molecular weight is 273 g/mol. The van der Waals surface area contributed by atoms with Crippen molar-refractivity contribution in [3.05, 3.63) is 71.8 Å². The molecular weight excluding hydrogens is 254 g/mol. The quantitative estimate of drug-likeness (QED) is 0.853. The number of aryl methyl sites for hydroxylation is 1. The summed E-state index contributed by atoms with van der Waals surface area (Å²) < 4.78 is 20.2. The summed E-state index contributed by atoms with van der Waals surface area (Å²) in [4.78, 5) is 0. The van der Waals surface area contributed by atoms with Gasteiger partial charge in [-0.3, -0.25) is 4.78 Å². The van der Waals surface area contributed by atoms with E-state index in [1.165, 1.54) is 5.56 Å². The van der Waals surface area contributed by atoms with Gasteiger partial charge in [0.15, 0.2) is 0 Å². The Balaban J connectivity index is 1.85. The molecule has 0 saturated carbocycles. The molecule has 0 bridgehead atoms. The summed E-state index contributed by atoms with van der Waals surface area (Å²) in [6.07, 6.45) is 1.70. The first kappa shape index (κ1) is 13.8. The Morgan fingerprint density at radius 1 is 0.842 bits per heavy atom. The van der Waals surface area contributed by atoms with Crippen LogP contribution in [0.25, 0.3) is 0 Å². The molecule has 0 amide bonds. The first-order valence-corrected chi connectivity index (χ1v) is 8.37. The minimum absolute atomic E-state index is 0.364. The number of hydrogen-bond donors (Lipinski definition) is 1. The molecule has 2 aromatic carbocycles. The molecule has 1 unspecified atom stereocenters. The predicted octanol–water partition coefficient (Wildman–Crippen LogP) is 3.87. The molecule has 100 valence electrons. The van der Waals surface area contributed by atoms with E-state index in [4.69, 9.17) is 4.78 Å². The fourth-order valence-electron chi connectivity index (χ4n) is 2.07. The van der Waals surface area contributed by atoms with Crippen LogP contribution in [-0.4, -0.2) is 9.96 Å². The van der Waals surface area contributed by atoms with Crippen LogP contribution in [0.2, 0.25) is 0 Å². The summed E-state index contributed by atoms with van der Waals surface area (Å²) in [5, 5.41) is 0. The second-order valence-corrected chi connectivity index (χ2v) is 7.06. The topological polar surface area (TPSA) is 40.9 Å². The third-order valence-electron chi connectivity index (χ3n) is 3.02. The van der Waals surface area contributed by atoms with Crippen LogP contribution in [0.3, 0.4) is 0 Å². The maximum Gasteiger partial charge on any atom is 0.0566 e. The third kappa shape index (κ3) is 4.87. The Bertz CT molecular complexity index is 591. The molecule has 3 heteroatoms. The summed E-state index contributed by atoms with van der Waals surface area (Å²) in [6.45, 7) is 0. The summed E-state index contributed by atoms with van der Waals surface area (Å²) in [5.41, 5.74) is 2.24. The smallest absolute Gasteiger partial charge is 0.0566 e. The minimum atomic E-state index is -2.50. The predicted molar refractivity (Wildman–Crippen MR) is 80.6 cm³/mol. The van der Waals surface area contributed by atoms with Gasteiger partial charge < -0.3 is 0 Å². The Labute approximate surface area is 115 Å². The molecule has 1 atom stereocenters. The molecule has 19 heavy (non-hydrogen) atoms. The van der Waals surface area contributed by atoms with Gasteiger partial charge in [-0.25, -0.2) is 4.21 Å². The van der Waals surface area contributed by atoms with E-state index in [0.717, 1.165) is 18.4 Å². The van der Waals surface area contributed by atoms with Gasteiger partial charge in [-0.15, -0.1) is 0 Å². The maximum atomic E-state index is 12.2. The average Bonchev–Trinajstić information content (AvgIpc) is 2.40. The molecule has 0 saturated heterocycles. The van der Waals surface area contributed by atoms with Gasteiger partial charge in [0, 0.05) is 15.5 Å². The lowest BCUT2D eigenvalue weighted by atomic mass is 10.1. The fourth-order valence-corrected chi connectivity index (χ4v) is 3.56. The number of nitrogens with one attached hydrogen (secondary N) is 1. The van der Waals surface area contributed by atoms with Crippen LogP contribution in [-0.2, 0) is 21.9 Å². The molecule has 0 radical (unpaired) electrons. The lowest BCUT2D eigenvalue weighted by molar-refractivity contribution is 0.671. The fraction of sp³-hybridized carbons (Fsp3) is 0.250. The molecule has 0 fully saturated rings. The largest absolute Gasteiger partial charge is 0.253 e. The van der Waals surface area contributed by atoms with E-state index in [9.17, 15) is 4.21 Å². The van der Waals surface area contributed by atoms with E-state index in [1.807, 2.05) is 48.5 Å². The van der Waals surface area contributed by atoms with Crippen molar-refractivity contribution in [2.24, 2.45) is 0 Å². The molecule has 1 N–H and O–H groups in total. The van der Waals surface area contributed by atoms with E-state index >= 15 is 0 Å². The van der Waals surface area contributed by atoms with Crippen molar-refractivity contribution in [1.29, 1.82) is 4.78 Å². The molecule has 0 aromatic heterocycles. The van der Waals surface area contributed by atoms with Crippen molar-refractivity contribution in [3.8, 4) is 0 Å². The molecule has 0 spiro atoms. The second kappa shape index (κ2) is 6.53. The van der Waals surface area contributed by atoms with Crippen LogP contribution in [0.15, 0.2) is 60.7 Å². The number of rotatable bonds is 6. The maximum absolute atomic E-state index is 12.2. The standard InChI is InChI=1S/C16H19NOS/c17-19(18,14-16-10-5-2-6-11-16)13-7-12-15-8-3-1-4-9-15/h1-6,8-11,17H,7,12-14H2. The highest BCUT2D eigenvalue weighted by Crippen LogP contribution is 2.10. The van der Waals surface area contributed by atoms with Crippen molar-refractivity contribution >= 4 is 9.73 Å². The van der Waals surface area contributed by atoms with Crippen molar-refractivity contribution in [2.75, 3.05) is 5.75 Å². The van der Waals surface area contributed by atoms with Crippen LogP contribution in [0.4, 0.5) is 0 Å². The number of hydrogen-bond acceptors (Lipinski definition) is 2. The van der Waals surface area contributed by atoms with Crippen LogP contribution in [0.5, 0.6) is 0 Å². The van der Waals surface area contributed by atoms with Crippen molar-refractivity contribution in [2.45, 2.75) is 18.6 Å². The summed E-state index contributed by atoms with van der Waals surface area (Å²) in [5.74, 6) is 0.833. The first-order chi connectivity index (χ1) is 9.16. The zero-order chi connectivity index (χ0) is 13.6. The highest BCUT2D eigenvalue weighted by Gasteiger charge is 2.07. The molecule has 2 aromatic rings. The Kier molecular flexibility index (Phi) is 4.74. The third-order valence-corrected chi connectivity index (χ3v) is 4.77. The molecular formula is C16H19NOS. The van der Waals surface area contributed by atoms with Crippen molar-refractivity contribution in [3.63, 3.8) is 0 Å². The normalized spacial score (nSPS) is 13.9. The lowest BCUT2D eigenvalue weighted by Gasteiger charge is -2.07. The summed E-state index contributed by atoms with van der Waals surface area (Å²) >= 11 is 0. The van der Waals surface area contributed by atoms with Gasteiger partial charge in [-0.1, -0.05) is 60.7 Å². The van der Waals surface area contributed by atoms with Gasteiger partial charge in [0.2, 0.25) is 0 Å². The minimum Gasteiger partial charge on any atom is -0.253 e. The molecule has 0 heterocycles. The van der Waals surface area contributed by atoms with Crippen LogP contribution < -0.4 is 0 Å². The van der Waals surface area contributed by atoms with E-state index in [2.05, 4.69) is 12.1 Å². The molecule has 2 nitrogen and oxygen atoms in total. The summed E-state index contributed by atoms with van der Waals surface area (Å²) in [6, 6.07) is 19.8.